The predicted octanol–water partition coefficient (Wildman–Crippen LogP) is 4.42. The van der Waals surface area contributed by atoms with E-state index in [2.05, 4.69) is 15.5 Å². The lowest BCUT2D eigenvalue weighted by Gasteiger charge is -2.23. The lowest BCUT2D eigenvalue weighted by atomic mass is 9.95. The van der Waals surface area contributed by atoms with Crippen molar-refractivity contribution in [1.82, 2.24) is 10.2 Å². The van der Waals surface area contributed by atoms with Gasteiger partial charge in [-0.25, -0.2) is 8.42 Å². The Hall–Kier alpha value is -2.81. The van der Waals surface area contributed by atoms with Crippen molar-refractivity contribution in [3.63, 3.8) is 0 Å². The Morgan fingerprint density at radius 2 is 1.79 bits per heavy atom. The molecule has 148 valence electrons. The van der Waals surface area contributed by atoms with Crippen molar-refractivity contribution in [2.45, 2.75) is 24.0 Å². The monoisotopic (exact) mass is 409 g/mol. The minimum Gasteiger partial charge on any atom is -0.374 e. The third kappa shape index (κ3) is 4.19. The number of nitrogens with one attached hydrogen (secondary N) is 2. The van der Waals surface area contributed by atoms with E-state index in [0.717, 1.165) is 6.07 Å². The molecule has 0 amide bonds. The van der Waals surface area contributed by atoms with Crippen LogP contribution in [0.4, 0.5) is 18.9 Å². The second-order valence-electron chi connectivity index (χ2n) is 6.12. The zero-order valence-corrected chi connectivity index (χ0v) is 15.7. The highest BCUT2D eigenvalue weighted by Crippen LogP contribution is 2.37. The molecular weight excluding hydrogens is 391 g/mol. The van der Waals surface area contributed by atoms with Crippen molar-refractivity contribution in [2.75, 3.05) is 11.1 Å². The lowest BCUT2D eigenvalue weighted by Crippen LogP contribution is -2.18. The molecule has 1 unspecified atom stereocenters. The Kier molecular flexibility index (Phi) is 5.46. The lowest BCUT2D eigenvalue weighted by molar-refractivity contribution is -0.138. The zero-order valence-electron chi connectivity index (χ0n) is 14.9. The highest BCUT2D eigenvalue weighted by atomic mass is 32.2. The maximum absolute atomic E-state index is 13.5. The highest BCUT2D eigenvalue weighted by Gasteiger charge is 2.35. The van der Waals surface area contributed by atoms with Crippen LogP contribution in [-0.2, 0) is 16.0 Å². The number of aromatic nitrogens is 2. The summed E-state index contributed by atoms with van der Waals surface area (Å²) in [5, 5.41) is 9.50. The van der Waals surface area contributed by atoms with E-state index in [1.54, 1.807) is 6.92 Å². The maximum atomic E-state index is 13.5. The third-order valence-electron chi connectivity index (χ3n) is 4.33. The molecule has 28 heavy (non-hydrogen) atoms. The minimum absolute atomic E-state index is 0.0314. The van der Waals surface area contributed by atoms with Gasteiger partial charge in [-0.3, -0.25) is 5.10 Å². The minimum atomic E-state index is -4.51. The Bertz CT molecular complexity index is 1030. The van der Waals surface area contributed by atoms with E-state index >= 15 is 0 Å². The van der Waals surface area contributed by atoms with Crippen molar-refractivity contribution >= 4 is 15.5 Å². The fourth-order valence-corrected chi connectivity index (χ4v) is 3.74. The van der Waals surface area contributed by atoms with E-state index in [0.29, 0.717) is 11.3 Å². The van der Waals surface area contributed by atoms with Crippen LogP contribution in [0.3, 0.4) is 0 Å². The van der Waals surface area contributed by atoms with Gasteiger partial charge in [-0.15, -0.1) is 0 Å². The molecular formula is C19H18F3N3O2S. The van der Waals surface area contributed by atoms with Crippen LogP contribution < -0.4 is 5.32 Å². The van der Waals surface area contributed by atoms with Gasteiger partial charge in [0.25, 0.3) is 0 Å². The van der Waals surface area contributed by atoms with E-state index in [9.17, 15) is 21.6 Å². The molecule has 0 aliphatic carbocycles. The average molecular weight is 409 g/mol. The average Bonchev–Trinajstić information content (AvgIpc) is 3.20. The van der Waals surface area contributed by atoms with Crippen LogP contribution in [0, 0.1) is 0 Å². The molecule has 1 atom stereocenters. The van der Waals surface area contributed by atoms with Crippen LogP contribution in [0.25, 0.3) is 0 Å². The Labute approximate surface area is 160 Å². The van der Waals surface area contributed by atoms with Gasteiger partial charge in [0.2, 0.25) is 0 Å². The molecule has 2 aromatic carbocycles. The van der Waals surface area contributed by atoms with Crippen molar-refractivity contribution < 1.29 is 21.6 Å². The molecule has 5 nitrogen and oxygen atoms in total. The number of halogens is 3. The van der Waals surface area contributed by atoms with Crippen LogP contribution in [0.2, 0.25) is 0 Å². The van der Waals surface area contributed by atoms with Crippen molar-refractivity contribution in [2.24, 2.45) is 0 Å². The summed E-state index contributed by atoms with van der Waals surface area (Å²) in [4.78, 5) is 0.163. The summed E-state index contributed by atoms with van der Waals surface area (Å²) < 4.78 is 64.4. The molecule has 9 heteroatoms. The fraction of sp³-hybridized carbons (Fsp3) is 0.211. The van der Waals surface area contributed by atoms with E-state index in [-0.39, 0.29) is 16.2 Å². The van der Waals surface area contributed by atoms with Gasteiger partial charge in [0.15, 0.2) is 9.84 Å². The number of anilines is 1. The van der Waals surface area contributed by atoms with E-state index in [1.165, 1.54) is 54.9 Å². The molecule has 3 rings (SSSR count). The quantitative estimate of drug-likeness (QED) is 0.632. The van der Waals surface area contributed by atoms with Gasteiger partial charge in [-0.1, -0.05) is 25.1 Å². The fourth-order valence-electron chi connectivity index (χ4n) is 2.86. The summed E-state index contributed by atoms with van der Waals surface area (Å²) >= 11 is 0. The first-order chi connectivity index (χ1) is 13.2. The largest absolute Gasteiger partial charge is 0.416 e. The molecule has 1 heterocycles. The summed E-state index contributed by atoms with van der Waals surface area (Å²) in [5.41, 5.74) is 0.292. The van der Waals surface area contributed by atoms with Crippen LogP contribution in [0.15, 0.2) is 65.8 Å². The summed E-state index contributed by atoms with van der Waals surface area (Å²) in [6, 6.07) is 10.4. The molecule has 0 radical (unpaired) electrons. The number of rotatable bonds is 6. The first-order valence-corrected chi connectivity index (χ1v) is 10.1. The maximum Gasteiger partial charge on any atom is 0.416 e. The Morgan fingerprint density at radius 1 is 1.11 bits per heavy atom. The number of aromatic amines is 1. The number of H-pyrrole nitrogens is 1. The van der Waals surface area contributed by atoms with Gasteiger partial charge in [-0.05, 0) is 35.9 Å². The Morgan fingerprint density at radius 3 is 2.36 bits per heavy atom. The molecule has 0 saturated carbocycles. The van der Waals surface area contributed by atoms with Crippen LogP contribution in [0.1, 0.15) is 29.7 Å². The summed E-state index contributed by atoms with van der Waals surface area (Å²) in [7, 11) is -3.36. The smallest absolute Gasteiger partial charge is 0.374 e. The number of alkyl halides is 3. The number of benzene rings is 2. The molecule has 2 N–H and O–H groups in total. The summed E-state index contributed by atoms with van der Waals surface area (Å²) in [6.45, 7) is 1.55. The second-order valence-corrected chi connectivity index (χ2v) is 8.40. The molecule has 0 aliphatic rings. The van der Waals surface area contributed by atoms with Crippen LogP contribution >= 0.6 is 0 Å². The molecule has 3 aromatic rings. The summed E-state index contributed by atoms with van der Waals surface area (Å²) in [5.74, 6) is -0.0314. The number of hydrogen-bond donors (Lipinski definition) is 2. The zero-order chi connectivity index (χ0) is 20.4. The molecule has 0 fully saturated rings. The SMILES string of the molecule is CCS(=O)(=O)c1ccc(NC(c2cn[nH]c2)c2ccccc2C(F)(F)F)cc1. The van der Waals surface area contributed by atoms with Crippen molar-refractivity contribution in [3.05, 3.63) is 77.6 Å². The van der Waals surface area contributed by atoms with Crippen molar-refractivity contribution in [3.8, 4) is 0 Å². The Balaban J connectivity index is 2.00. The van der Waals surface area contributed by atoms with E-state index in [1.807, 2.05) is 0 Å². The second kappa shape index (κ2) is 7.67. The normalized spacial score (nSPS) is 13.3. The predicted molar refractivity (Wildman–Crippen MR) is 99.7 cm³/mol. The van der Waals surface area contributed by atoms with Crippen LogP contribution in [0.5, 0.6) is 0 Å². The van der Waals surface area contributed by atoms with Gasteiger partial charge in [0.05, 0.1) is 28.5 Å². The van der Waals surface area contributed by atoms with Gasteiger partial charge >= 0.3 is 6.18 Å². The molecule has 0 aliphatic heterocycles. The molecule has 0 bridgehead atoms. The molecule has 0 saturated heterocycles. The third-order valence-corrected chi connectivity index (χ3v) is 6.08. The number of sulfone groups is 1. The van der Waals surface area contributed by atoms with Gasteiger partial charge in [0.1, 0.15) is 0 Å². The molecule has 1 aromatic heterocycles. The number of hydrogen-bond acceptors (Lipinski definition) is 4. The summed E-state index contributed by atoms with van der Waals surface area (Å²) in [6.07, 6.45) is -1.55. The first-order valence-electron chi connectivity index (χ1n) is 8.46. The van der Waals surface area contributed by atoms with Crippen LogP contribution in [-0.4, -0.2) is 24.4 Å². The van der Waals surface area contributed by atoms with E-state index < -0.39 is 27.6 Å². The van der Waals surface area contributed by atoms with Gasteiger partial charge in [0, 0.05) is 17.4 Å². The molecule has 0 spiro atoms. The van der Waals surface area contributed by atoms with Crippen molar-refractivity contribution in [1.29, 1.82) is 0 Å². The van der Waals surface area contributed by atoms with Gasteiger partial charge in [-0.2, -0.15) is 18.3 Å². The standard InChI is InChI=1S/C19H18F3N3O2S/c1-2-28(26,27)15-9-7-14(8-10-15)25-18(13-11-23-24-12-13)16-5-3-4-6-17(16)19(20,21)22/h3-12,18,25H,2H2,1H3,(H,23,24). The van der Waals surface area contributed by atoms with Gasteiger partial charge < -0.3 is 5.32 Å². The number of nitrogens with zero attached hydrogens (tertiary/aromatic N) is 1. The first kappa shape index (κ1) is 19.9. The topological polar surface area (TPSA) is 74.8 Å². The van der Waals surface area contributed by atoms with E-state index in [4.69, 9.17) is 0 Å². The highest BCUT2D eigenvalue weighted by molar-refractivity contribution is 7.91.